The van der Waals surface area contributed by atoms with E-state index >= 15 is 0 Å². The number of thiazole rings is 1. The van der Waals surface area contributed by atoms with Crippen LogP contribution in [0.25, 0.3) is 0 Å². The van der Waals surface area contributed by atoms with Crippen molar-refractivity contribution in [2.24, 2.45) is 5.14 Å². The molecule has 0 unspecified atom stereocenters. The third-order valence-electron chi connectivity index (χ3n) is 2.77. The fraction of sp³-hybridized carbons (Fsp3) is 0.636. The van der Waals surface area contributed by atoms with E-state index in [4.69, 9.17) is 10.9 Å². The molecule has 0 spiro atoms. The Morgan fingerprint density at radius 1 is 1.38 bits per heavy atom. The molecule has 0 aliphatic heterocycles. The molecule has 1 heterocycles. The van der Waals surface area contributed by atoms with Crippen LogP contribution < -0.4 is 21.1 Å². The highest BCUT2D eigenvalue weighted by atomic mass is 32.2. The highest BCUT2D eigenvalue weighted by Gasteiger charge is 2.18. The van der Waals surface area contributed by atoms with Crippen LogP contribution in [0.1, 0.15) is 29.9 Å². The molecule has 1 aromatic rings. The van der Waals surface area contributed by atoms with Crippen molar-refractivity contribution < 1.29 is 13.2 Å². The summed E-state index contributed by atoms with van der Waals surface area (Å²) in [6.45, 7) is 5.76. The summed E-state index contributed by atoms with van der Waals surface area (Å²) >= 11 is 1.22. The molecular formula is C11H21N5O3S2. The Hall–Kier alpha value is -1.39. The topological polar surface area (TPSA) is 131 Å². The third kappa shape index (κ3) is 5.48. The Morgan fingerprint density at radius 3 is 2.52 bits per heavy atom. The summed E-state index contributed by atoms with van der Waals surface area (Å²) in [6, 6.07) is 0. The standard InChI is InChI=1S/C11H21N5O3S2/c1-3-16(4-2)11-15-9(12)8(20-11)10(17)14-6-5-7-21(13,18)19/h3-7,12H2,1-2H3,(H,14,17)(H2,13,18,19). The monoisotopic (exact) mass is 335 g/mol. The summed E-state index contributed by atoms with van der Waals surface area (Å²) < 4.78 is 21.6. The minimum Gasteiger partial charge on any atom is -0.382 e. The molecule has 0 aliphatic rings. The van der Waals surface area contributed by atoms with Crippen molar-refractivity contribution in [1.29, 1.82) is 0 Å². The quantitative estimate of drug-likeness (QED) is 0.572. The predicted octanol–water partition coefficient (Wildman–Crippen LogP) is -0.0201. The lowest BCUT2D eigenvalue weighted by Gasteiger charge is -2.16. The van der Waals surface area contributed by atoms with E-state index in [2.05, 4.69) is 10.3 Å². The van der Waals surface area contributed by atoms with Crippen molar-refractivity contribution in [2.45, 2.75) is 20.3 Å². The van der Waals surface area contributed by atoms with Crippen LogP contribution in [0, 0.1) is 0 Å². The lowest BCUT2D eigenvalue weighted by atomic mass is 10.4. The van der Waals surface area contributed by atoms with Gasteiger partial charge in [-0.25, -0.2) is 18.5 Å². The smallest absolute Gasteiger partial charge is 0.265 e. The van der Waals surface area contributed by atoms with Gasteiger partial charge >= 0.3 is 0 Å². The molecule has 0 saturated heterocycles. The number of primary sulfonamides is 1. The Balaban J connectivity index is 2.62. The van der Waals surface area contributed by atoms with Gasteiger partial charge in [0.05, 0.1) is 5.75 Å². The third-order valence-corrected chi connectivity index (χ3v) is 4.76. The number of aromatic nitrogens is 1. The lowest BCUT2D eigenvalue weighted by Crippen LogP contribution is -2.27. The number of hydrogen-bond acceptors (Lipinski definition) is 7. The number of anilines is 2. The Bertz CT molecular complexity index is 581. The van der Waals surface area contributed by atoms with Gasteiger partial charge in [0.1, 0.15) is 10.7 Å². The number of nitrogens with one attached hydrogen (secondary N) is 1. The highest BCUT2D eigenvalue weighted by molar-refractivity contribution is 7.89. The highest BCUT2D eigenvalue weighted by Crippen LogP contribution is 2.27. The Labute approximate surface area is 128 Å². The molecule has 21 heavy (non-hydrogen) atoms. The second-order valence-corrected chi connectivity index (χ2v) is 7.07. The number of amides is 1. The average molecular weight is 335 g/mol. The normalized spacial score (nSPS) is 11.4. The maximum Gasteiger partial charge on any atom is 0.265 e. The molecule has 0 radical (unpaired) electrons. The minimum absolute atomic E-state index is 0.170. The average Bonchev–Trinajstić information content (AvgIpc) is 2.77. The molecule has 1 rings (SSSR count). The first-order valence-corrected chi connectivity index (χ1v) is 9.11. The van der Waals surface area contributed by atoms with Crippen LogP contribution in [0.2, 0.25) is 0 Å². The zero-order valence-electron chi connectivity index (χ0n) is 12.1. The molecule has 8 nitrogen and oxygen atoms in total. The van der Waals surface area contributed by atoms with E-state index in [9.17, 15) is 13.2 Å². The van der Waals surface area contributed by atoms with E-state index in [0.717, 1.165) is 13.1 Å². The number of carbonyl (C=O) groups is 1. The maximum atomic E-state index is 12.0. The van der Waals surface area contributed by atoms with Crippen molar-refractivity contribution in [2.75, 3.05) is 36.0 Å². The molecule has 0 saturated carbocycles. The summed E-state index contributed by atoms with van der Waals surface area (Å²) in [7, 11) is -3.50. The van der Waals surface area contributed by atoms with Gasteiger partial charge in [0.2, 0.25) is 10.0 Å². The van der Waals surface area contributed by atoms with Gasteiger partial charge in [0.25, 0.3) is 5.91 Å². The van der Waals surface area contributed by atoms with Crippen molar-refractivity contribution in [3.63, 3.8) is 0 Å². The second-order valence-electron chi connectivity index (χ2n) is 4.36. The largest absolute Gasteiger partial charge is 0.382 e. The molecule has 0 bridgehead atoms. The number of nitrogens with two attached hydrogens (primary N) is 2. The SMILES string of the molecule is CCN(CC)c1nc(N)c(C(=O)NCCCS(N)(=O)=O)s1. The molecule has 1 aromatic heterocycles. The van der Waals surface area contributed by atoms with Crippen LogP contribution in [-0.2, 0) is 10.0 Å². The molecule has 1 amide bonds. The summed E-state index contributed by atoms with van der Waals surface area (Å²) in [6.07, 6.45) is 0.256. The number of hydrogen-bond donors (Lipinski definition) is 3. The summed E-state index contributed by atoms with van der Waals surface area (Å²) in [5.41, 5.74) is 5.76. The van der Waals surface area contributed by atoms with Gasteiger partial charge in [-0.3, -0.25) is 4.79 Å². The van der Waals surface area contributed by atoms with Crippen LogP contribution in [0.3, 0.4) is 0 Å². The Kier molecular flexibility index (Phi) is 6.37. The van der Waals surface area contributed by atoms with Crippen molar-refractivity contribution in [1.82, 2.24) is 10.3 Å². The molecule has 10 heteroatoms. The number of nitrogen functional groups attached to an aromatic ring is 1. The van der Waals surface area contributed by atoms with E-state index in [1.165, 1.54) is 11.3 Å². The molecule has 0 atom stereocenters. The number of sulfonamides is 1. The van der Waals surface area contributed by atoms with Crippen molar-refractivity contribution in [3.8, 4) is 0 Å². The molecule has 0 aliphatic carbocycles. The zero-order valence-corrected chi connectivity index (χ0v) is 13.8. The fourth-order valence-electron chi connectivity index (χ4n) is 1.67. The zero-order chi connectivity index (χ0) is 16.0. The molecule has 0 fully saturated rings. The van der Waals surface area contributed by atoms with Crippen molar-refractivity contribution >= 4 is 38.2 Å². The Morgan fingerprint density at radius 2 is 2.00 bits per heavy atom. The van der Waals surface area contributed by atoms with Crippen LogP contribution in [0.5, 0.6) is 0 Å². The first kappa shape index (κ1) is 17.7. The maximum absolute atomic E-state index is 12.0. The molecular weight excluding hydrogens is 314 g/mol. The molecule has 0 aromatic carbocycles. The summed E-state index contributed by atoms with van der Waals surface area (Å²) in [5.74, 6) is -0.334. The first-order valence-electron chi connectivity index (χ1n) is 6.58. The van der Waals surface area contributed by atoms with Crippen LogP contribution in [-0.4, -0.2) is 44.7 Å². The van der Waals surface area contributed by atoms with Gasteiger partial charge in [-0.1, -0.05) is 11.3 Å². The van der Waals surface area contributed by atoms with Gasteiger partial charge in [-0.15, -0.1) is 0 Å². The van der Waals surface area contributed by atoms with E-state index in [-0.39, 0.29) is 30.4 Å². The number of nitrogens with zero attached hydrogens (tertiary/aromatic N) is 2. The van der Waals surface area contributed by atoms with E-state index in [0.29, 0.717) is 10.0 Å². The van der Waals surface area contributed by atoms with Gasteiger partial charge in [0.15, 0.2) is 5.13 Å². The van der Waals surface area contributed by atoms with Crippen molar-refractivity contribution in [3.05, 3.63) is 4.88 Å². The molecule has 5 N–H and O–H groups in total. The fourth-order valence-corrected chi connectivity index (χ4v) is 3.24. The van der Waals surface area contributed by atoms with E-state index in [1.54, 1.807) is 0 Å². The lowest BCUT2D eigenvalue weighted by molar-refractivity contribution is 0.0958. The number of rotatable bonds is 8. The van der Waals surface area contributed by atoms with E-state index in [1.807, 2.05) is 18.7 Å². The summed E-state index contributed by atoms with van der Waals surface area (Å²) in [5, 5.41) is 8.20. The molecule has 120 valence electrons. The minimum atomic E-state index is -3.50. The first-order chi connectivity index (χ1) is 9.78. The van der Waals surface area contributed by atoms with Gasteiger partial charge < -0.3 is 16.0 Å². The van der Waals surface area contributed by atoms with E-state index < -0.39 is 10.0 Å². The second kappa shape index (κ2) is 7.57. The van der Waals surface area contributed by atoms with Gasteiger partial charge in [0, 0.05) is 19.6 Å². The summed E-state index contributed by atoms with van der Waals surface area (Å²) in [4.78, 5) is 18.5. The number of carbonyl (C=O) groups excluding carboxylic acids is 1. The predicted molar refractivity (Wildman–Crippen MR) is 85.0 cm³/mol. The van der Waals surface area contributed by atoms with Gasteiger partial charge in [-0.05, 0) is 20.3 Å². The van der Waals surface area contributed by atoms with Crippen LogP contribution in [0.4, 0.5) is 10.9 Å². The van der Waals surface area contributed by atoms with Crippen LogP contribution in [0.15, 0.2) is 0 Å². The van der Waals surface area contributed by atoms with Gasteiger partial charge in [-0.2, -0.15) is 0 Å². The van der Waals surface area contributed by atoms with Crippen LogP contribution >= 0.6 is 11.3 Å².